The first kappa shape index (κ1) is 7.34. The predicted octanol–water partition coefficient (Wildman–Crippen LogP) is 0.178. The van der Waals surface area contributed by atoms with Crippen LogP contribution in [0.2, 0.25) is 0 Å². The van der Waals surface area contributed by atoms with E-state index in [4.69, 9.17) is 0 Å². The van der Waals surface area contributed by atoms with Crippen LogP contribution in [0.5, 0.6) is 0 Å². The molecule has 0 aromatic rings. The number of nitrogens with one attached hydrogen (secondary N) is 1. The van der Waals surface area contributed by atoms with Gasteiger partial charge in [0.15, 0.2) is 6.23 Å². The van der Waals surface area contributed by atoms with Gasteiger partial charge in [0.1, 0.15) is 0 Å². The summed E-state index contributed by atoms with van der Waals surface area (Å²) in [4.78, 5) is 12.1. The Bertz CT molecular complexity index is 138. The van der Waals surface area contributed by atoms with Crippen molar-refractivity contribution >= 4 is 6.03 Å². The highest BCUT2D eigenvalue weighted by molar-refractivity contribution is 5.76. The zero-order valence-corrected chi connectivity index (χ0v) is 5.96. The Morgan fingerprint density at radius 2 is 2.50 bits per heavy atom. The molecule has 4 nitrogen and oxygen atoms in total. The number of rotatable bonds is 2. The van der Waals surface area contributed by atoms with E-state index >= 15 is 0 Å². The molecule has 2 amide bonds. The van der Waals surface area contributed by atoms with Crippen molar-refractivity contribution < 1.29 is 9.90 Å². The van der Waals surface area contributed by atoms with Crippen LogP contribution in [0.3, 0.4) is 0 Å². The third-order valence-corrected chi connectivity index (χ3v) is 1.59. The van der Waals surface area contributed by atoms with Crippen molar-refractivity contribution in [3.05, 3.63) is 0 Å². The lowest BCUT2D eigenvalue weighted by atomic mass is 10.4. The Hall–Kier alpha value is -0.770. The smallest absolute Gasteiger partial charge is 0.319 e. The molecule has 0 spiro atoms. The Morgan fingerprint density at radius 3 is 2.90 bits per heavy atom. The second-order valence-corrected chi connectivity index (χ2v) is 2.29. The van der Waals surface area contributed by atoms with E-state index in [1.807, 2.05) is 0 Å². The molecule has 57 valence electrons. The second kappa shape index (κ2) is 2.88. The average molecular weight is 143 g/mol. The molecule has 1 atom stereocenters. The molecule has 0 aromatic heterocycles. The number of carbonyl (C=O) groups is 1. The van der Waals surface area contributed by atoms with Gasteiger partial charge in [-0.15, -0.1) is 0 Å². The second-order valence-electron chi connectivity index (χ2n) is 2.29. The fraction of sp³-hybridized carbons (Fsp3) is 0.833. The molecular weight excluding hydrogens is 132 g/mol. The molecule has 1 unspecified atom stereocenters. The number of nitrogens with zero attached hydrogens (tertiary/aromatic N) is 1. The third kappa shape index (κ3) is 1.21. The van der Waals surface area contributed by atoms with Crippen LogP contribution >= 0.6 is 0 Å². The summed E-state index contributed by atoms with van der Waals surface area (Å²) < 4.78 is 0. The van der Waals surface area contributed by atoms with Gasteiger partial charge in [-0.1, -0.05) is 6.92 Å². The molecule has 1 N–H and O–H groups in total. The fourth-order valence-corrected chi connectivity index (χ4v) is 0.982. The van der Waals surface area contributed by atoms with Gasteiger partial charge < -0.3 is 5.32 Å². The van der Waals surface area contributed by atoms with E-state index in [0.717, 1.165) is 0 Å². The molecule has 1 rings (SSSR count). The number of carbonyl (C=O) groups excluding carboxylic acids is 1. The summed E-state index contributed by atoms with van der Waals surface area (Å²) in [6, 6.07) is -0.221. The summed E-state index contributed by atoms with van der Waals surface area (Å²) >= 11 is 0. The Labute approximate surface area is 59.8 Å². The van der Waals surface area contributed by atoms with Gasteiger partial charge in [0.2, 0.25) is 0 Å². The number of hydrogen-bond donors (Lipinski definition) is 1. The van der Waals surface area contributed by atoms with Crippen molar-refractivity contribution in [2.75, 3.05) is 13.1 Å². The summed E-state index contributed by atoms with van der Waals surface area (Å²) in [6.07, 6.45) is -0.379. The molecule has 0 saturated carbocycles. The predicted molar refractivity (Wildman–Crippen MR) is 34.9 cm³/mol. The minimum absolute atomic E-state index is 0.221. The van der Waals surface area contributed by atoms with Gasteiger partial charge in [0.05, 0.1) is 0 Å². The van der Waals surface area contributed by atoms with Gasteiger partial charge >= 0.3 is 6.03 Å². The molecule has 1 aliphatic heterocycles. The molecule has 1 heterocycles. The van der Waals surface area contributed by atoms with Crippen LogP contribution in [0.1, 0.15) is 13.3 Å². The maximum Gasteiger partial charge on any atom is 0.319 e. The van der Waals surface area contributed by atoms with Crippen LogP contribution in [-0.2, 0) is 5.11 Å². The van der Waals surface area contributed by atoms with Crippen LogP contribution in [0.25, 0.3) is 0 Å². The van der Waals surface area contributed by atoms with Crippen molar-refractivity contribution in [2.24, 2.45) is 0 Å². The Balaban J connectivity index is 2.46. The van der Waals surface area contributed by atoms with Gasteiger partial charge in [0, 0.05) is 13.1 Å². The molecule has 1 fully saturated rings. The summed E-state index contributed by atoms with van der Waals surface area (Å²) in [5.74, 6) is 0. The standard InChI is InChI=1S/C6H11N2O2/c1-2-5(9)8-4-3-7-6(8)10/h5H,2-4H2,1H3,(H,7,10). The molecule has 1 radical (unpaired) electrons. The fourth-order valence-electron chi connectivity index (χ4n) is 0.982. The average Bonchev–Trinajstić information content (AvgIpc) is 2.34. The normalized spacial score (nSPS) is 21.0. The van der Waals surface area contributed by atoms with E-state index in [0.29, 0.717) is 19.5 Å². The van der Waals surface area contributed by atoms with E-state index in [1.54, 1.807) is 6.92 Å². The molecule has 0 bridgehead atoms. The van der Waals surface area contributed by atoms with Crippen LogP contribution < -0.4 is 5.32 Å². The minimum Gasteiger partial charge on any atom is -0.336 e. The van der Waals surface area contributed by atoms with E-state index in [2.05, 4.69) is 5.32 Å². The van der Waals surface area contributed by atoms with Crippen LogP contribution in [0.15, 0.2) is 0 Å². The Kier molecular flexibility index (Phi) is 2.11. The molecule has 4 heteroatoms. The van der Waals surface area contributed by atoms with E-state index in [9.17, 15) is 9.90 Å². The van der Waals surface area contributed by atoms with Gasteiger partial charge in [-0.3, -0.25) is 4.90 Å². The Morgan fingerprint density at radius 1 is 1.80 bits per heavy atom. The van der Waals surface area contributed by atoms with Crippen molar-refractivity contribution in [3.8, 4) is 0 Å². The van der Waals surface area contributed by atoms with Crippen LogP contribution in [0.4, 0.5) is 4.79 Å². The highest BCUT2D eigenvalue weighted by Gasteiger charge is 2.25. The third-order valence-electron chi connectivity index (χ3n) is 1.59. The number of urea groups is 1. The molecule has 0 aromatic carbocycles. The highest BCUT2D eigenvalue weighted by atomic mass is 16.3. The summed E-state index contributed by atoms with van der Waals surface area (Å²) in [6.45, 7) is 2.95. The van der Waals surface area contributed by atoms with Crippen LogP contribution in [-0.4, -0.2) is 30.2 Å². The summed E-state index contributed by atoms with van der Waals surface area (Å²) in [5, 5.41) is 13.5. The van der Waals surface area contributed by atoms with Gasteiger partial charge in [0.25, 0.3) is 0 Å². The van der Waals surface area contributed by atoms with Crippen molar-refractivity contribution in [1.82, 2.24) is 10.2 Å². The van der Waals surface area contributed by atoms with E-state index in [-0.39, 0.29) is 6.03 Å². The topological polar surface area (TPSA) is 52.2 Å². The van der Waals surface area contributed by atoms with Crippen LogP contribution in [0, 0.1) is 0 Å². The van der Waals surface area contributed by atoms with Crippen molar-refractivity contribution in [2.45, 2.75) is 19.6 Å². The maximum absolute atomic E-state index is 11.0. The lowest BCUT2D eigenvalue weighted by Gasteiger charge is -2.17. The number of hydrogen-bond acceptors (Lipinski definition) is 1. The van der Waals surface area contributed by atoms with Gasteiger partial charge in [-0.2, -0.15) is 0 Å². The molecule has 10 heavy (non-hydrogen) atoms. The maximum atomic E-state index is 11.0. The minimum atomic E-state index is -0.859. The lowest BCUT2D eigenvalue weighted by molar-refractivity contribution is -0.0159. The number of amides is 2. The zero-order valence-electron chi connectivity index (χ0n) is 5.96. The first-order valence-corrected chi connectivity index (χ1v) is 3.46. The first-order chi connectivity index (χ1) is 4.75. The molecule has 1 saturated heterocycles. The summed E-state index contributed by atoms with van der Waals surface area (Å²) in [7, 11) is 0. The molecule has 0 aliphatic carbocycles. The van der Waals surface area contributed by atoms with Crippen molar-refractivity contribution in [3.63, 3.8) is 0 Å². The molecule has 1 aliphatic rings. The highest BCUT2D eigenvalue weighted by Crippen LogP contribution is 2.04. The van der Waals surface area contributed by atoms with Gasteiger partial charge in [-0.25, -0.2) is 9.90 Å². The van der Waals surface area contributed by atoms with Crippen molar-refractivity contribution in [1.29, 1.82) is 0 Å². The zero-order chi connectivity index (χ0) is 7.56. The lowest BCUT2D eigenvalue weighted by Crippen LogP contribution is -2.36. The monoisotopic (exact) mass is 143 g/mol. The van der Waals surface area contributed by atoms with E-state index < -0.39 is 6.23 Å². The molecular formula is C6H11N2O2. The van der Waals surface area contributed by atoms with Gasteiger partial charge in [-0.05, 0) is 6.42 Å². The van der Waals surface area contributed by atoms with E-state index in [1.165, 1.54) is 4.90 Å². The largest absolute Gasteiger partial charge is 0.336 e. The quantitative estimate of drug-likeness (QED) is 0.589. The SMILES string of the molecule is CCC([O])N1CCNC1=O. The first-order valence-electron chi connectivity index (χ1n) is 3.46. The summed E-state index contributed by atoms with van der Waals surface area (Å²) in [5.41, 5.74) is 0.